The highest BCUT2D eigenvalue weighted by atomic mass is 32.2. The summed E-state index contributed by atoms with van der Waals surface area (Å²) in [5, 5.41) is 9.53. The van der Waals surface area contributed by atoms with Crippen LogP contribution in [0.5, 0.6) is 0 Å². The van der Waals surface area contributed by atoms with Gasteiger partial charge >= 0.3 is 0 Å². The molecule has 1 aromatic rings. The number of rotatable bonds is 3. The third-order valence-corrected chi connectivity index (χ3v) is 5.90. The first-order valence-electron chi connectivity index (χ1n) is 5.26. The SMILES string of the molecule is O=S1(=O)C[C@@H](O)[C@@H](NS(=O)(=O)c2ccccc2)C1. The Morgan fingerprint density at radius 3 is 2.28 bits per heavy atom. The van der Waals surface area contributed by atoms with Gasteiger partial charge in [-0.25, -0.2) is 21.6 Å². The number of nitrogens with one attached hydrogen (secondary N) is 1. The molecular formula is C10H13NO5S2. The molecule has 1 heterocycles. The molecule has 0 aromatic heterocycles. The maximum absolute atomic E-state index is 11.9. The lowest BCUT2D eigenvalue weighted by Crippen LogP contribution is -2.42. The fraction of sp³-hybridized carbons (Fsp3) is 0.400. The molecule has 0 saturated carbocycles. The van der Waals surface area contributed by atoms with Crippen molar-refractivity contribution >= 4 is 19.9 Å². The molecule has 0 unspecified atom stereocenters. The highest BCUT2D eigenvalue weighted by molar-refractivity contribution is 7.92. The molecule has 2 rings (SSSR count). The van der Waals surface area contributed by atoms with Crippen LogP contribution in [-0.2, 0) is 19.9 Å². The smallest absolute Gasteiger partial charge is 0.240 e. The molecule has 1 fully saturated rings. The average molecular weight is 291 g/mol. The Hall–Kier alpha value is -0.960. The fourth-order valence-corrected chi connectivity index (χ4v) is 4.95. The third-order valence-electron chi connectivity index (χ3n) is 2.68. The molecule has 18 heavy (non-hydrogen) atoms. The van der Waals surface area contributed by atoms with E-state index < -0.39 is 37.8 Å². The quantitative estimate of drug-likeness (QED) is 0.753. The molecule has 2 atom stereocenters. The normalized spacial score (nSPS) is 27.2. The average Bonchev–Trinajstić information content (AvgIpc) is 2.52. The monoisotopic (exact) mass is 291 g/mol. The molecule has 0 radical (unpaired) electrons. The van der Waals surface area contributed by atoms with Crippen molar-refractivity contribution in [1.82, 2.24) is 4.72 Å². The lowest BCUT2D eigenvalue weighted by atomic mass is 10.2. The van der Waals surface area contributed by atoms with Crippen LogP contribution in [0.1, 0.15) is 0 Å². The summed E-state index contributed by atoms with van der Waals surface area (Å²) in [5.41, 5.74) is 0. The van der Waals surface area contributed by atoms with Crippen LogP contribution in [0.2, 0.25) is 0 Å². The van der Waals surface area contributed by atoms with Gasteiger partial charge in [-0.3, -0.25) is 0 Å². The van der Waals surface area contributed by atoms with Gasteiger partial charge in [0.05, 0.1) is 28.5 Å². The van der Waals surface area contributed by atoms with E-state index in [2.05, 4.69) is 4.72 Å². The van der Waals surface area contributed by atoms with Gasteiger partial charge in [0, 0.05) is 0 Å². The molecule has 6 nitrogen and oxygen atoms in total. The van der Waals surface area contributed by atoms with Gasteiger partial charge in [0.15, 0.2) is 9.84 Å². The second-order valence-electron chi connectivity index (χ2n) is 4.19. The summed E-state index contributed by atoms with van der Waals surface area (Å²) >= 11 is 0. The van der Waals surface area contributed by atoms with E-state index in [0.717, 1.165) is 0 Å². The van der Waals surface area contributed by atoms with Gasteiger partial charge in [0.1, 0.15) is 0 Å². The van der Waals surface area contributed by atoms with E-state index in [0.29, 0.717) is 0 Å². The zero-order valence-electron chi connectivity index (χ0n) is 9.35. The summed E-state index contributed by atoms with van der Waals surface area (Å²) in [4.78, 5) is 0.0431. The number of aliphatic hydroxyl groups is 1. The fourth-order valence-electron chi connectivity index (χ4n) is 1.81. The Kier molecular flexibility index (Phi) is 3.45. The van der Waals surface area contributed by atoms with Crippen LogP contribution < -0.4 is 4.72 Å². The van der Waals surface area contributed by atoms with Gasteiger partial charge in [0.25, 0.3) is 0 Å². The summed E-state index contributed by atoms with van der Waals surface area (Å²) < 4.78 is 48.6. The van der Waals surface area contributed by atoms with E-state index in [-0.39, 0.29) is 10.6 Å². The Morgan fingerprint density at radius 2 is 1.78 bits per heavy atom. The van der Waals surface area contributed by atoms with E-state index in [4.69, 9.17) is 0 Å². The summed E-state index contributed by atoms with van der Waals surface area (Å²) in [6.07, 6.45) is -1.20. The topological polar surface area (TPSA) is 101 Å². The number of hydrogen-bond acceptors (Lipinski definition) is 5. The van der Waals surface area contributed by atoms with Crippen molar-refractivity contribution in [2.45, 2.75) is 17.0 Å². The molecule has 0 amide bonds. The van der Waals surface area contributed by atoms with Crippen molar-refractivity contribution in [3.8, 4) is 0 Å². The Labute approximate surface area is 106 Å². The predicted octanol–water partition coefficient (Wildman–Crippen LogP) is -0.877. The molecule has 1 saturated heterocycles. The molecule has 100 valence electrons. The maximum atomic E-state index is 11.9. The van der Waals surface area contributed by atoms with Crippen LogP contribution in [-0.4, -0.2) is 45.6 Å². The minimum Gasteiger partial charge on any atom is -0.390 e. The number of benzene rings is 1. The second kappa shape index (κ2) is 4.61. The lowest BCUT2D eigenvalue weighted by molar-refractivity contribution is 0.176. The van der Waals surface area contributed by atoms with E-state index >= 15 is 0 Å². The van der Waals surface area contributed by atoms with E-state index in [1.54, 1.807) is 18.2 Å². The van der Waals surface area contributed by atoms with Crippen molar-refractivity contribution < 1.29 is 21.9 Å². The van der Waals surface area contributed by atoms with E-state index in [9.17, 15) is 21.9 Å². The van der Waals surface area contributed by atoms with Crippen LogP contribution in [0.4, 0.5) is 0 Å². The molecule has 2 N–H and O–H groups in total. The van der Waals surface area contributed by atoms with Crippen molar-refractivity contribution in [1.29, 1.82) is 0 Å². The number of sulfonamides is 1. The van der Waals surface area contributed by atoms with Crippen molar-refractivity contribution in [2.24, 2.45) is 0 Å². The third kappa shape index (κ3) is 2.89. The Morgan fingerprint density at radius 1 is 1.17 bits per heavy atom. The van der Waals surface area contributed by atoms with Gasteiger partial charge in [-0.15, -0.1) is 0 Å². The number of aliphatic hydroxyl groups excluding tert-OH is 1. The largest absolute Gasteiger partial charge is 0.390 e. The standard InChI is InChI=1S/C10H13NO5S2/c12-10-7-17(13,14)6-9(10)11-18(15,16)8-4-2-1-3-5-8/h1-5,9-12H,6-7H2/t9-,10+/m0/s1. The van der Waals surface area contributed by atoms with Crippen LogP contribution >= 0.6 is 0 Å². The Bertz CT molecular complexity index is 623. The maximum Gasteiger partial charge on any atom is 0.240 e. The highest BCUT2D eigenvalue weighted by Gasteiger charge is 2.38. The molecular weight excluding hydrogens is 278 g/mol. The second-order valence-corrected chi connectivity index (χ2v) is 8.05. The van der Waals surface area contributed by atoms with Crippen LogP contribution in [0, 0.1) is 0 Å². The van der Waals surface area contributed by atoms with Gasteiger partial charge in [-0.2, -0.15) is 0 Å². The first-order chi connectivity index (χ1) is 8.30. The van der Waals surface area contributed by atoms with E-state index in [1.165, 1.54) is 12.1 Å². The van der Waals surface area contributed by atoms with Crippen molar-refractivity contribution in [2.75, 3.05) is 11.5 Å². The van der Waals surface area contributed by atoms with E-state index in [1.807, 2.05) is 0 Å². The highest BCUT2D eigenvalue weighted by Crippen LogP contribution is 2.16. The minimum atomic E-state index is -3.80. The van der Waals surface area contributed by atoms with Gasteiger partial charge in [-0.05, 0) is 12.1 Å². The van der Waals surface area contributed by atoms with Crippen LogP contribution in [0.15, 0.2) is 35.2 Å². The Balaban J connectivity index is 2.20. The molecule has 1 aromatic carbocycles. The minimum absolute atomic E-state index is 0.0431. The summed E-state index contributed by atoms with van der Waals surface area (Å²) in [6.45, 7) is 0. The first-order valence-corrected chi connectivity index (χ1v) is 8.56. The summed E-state index contributed by atoms with van der Waals surface area (Å²) in [7, 11) is -7.18. The van der Waals surface area contributed by atoms with Gasteiger partial charge in [0.2, 0.25) is 10.0 Å². The summed E-state index contributed by atoms with van der Waals surface area (Å²) in [5.74, 6) is -0.783. The van der Waals surface area contributed by atoms with Crippen molar-refractivity contribution in [3.63, 3.8) is 0 Å². The molecule has 0 spiro atoms. The van der Waals surface area contributed by atoms with Gasteiger partial charge in [-0.1, -0.05) is 18.2 Å². The van der Waals surface area contributed by atoms with Gasteiger partial charge < -0.3 is 5.11 Å². The summed E-state index contributed by atoms with van der Waals surface area (Å²) in [6, 6.07) is 6.62. The number of sulfone groups is 1. The molecule has 1 aliphatic rings. The van der Waals surface area contributed by atoms with Crippen molar-refractivity contribution in [3.05, 3.63) is 30.3 Å². The molecule has 0 bridgehead atoms. The molecule has 8 heteroatoms. The lowest BCUT2D eigenvalue weighted by Gasteiger charge is -2.14. The molecule has 1 aliphatic heterocycles. The zero-order chi connectivity index (χ0) is 13.4. The van der Waals surface area contributed by atoms with Crippen LogP contribution in [0.3, 0.4) is 0 Å². The zero-order valence-corrected chi connectivity index (χ0v) is 11.0. The van der Waals surface area contributed by atoms with Crippen LogP contribution in [0.25, 0.3) is 0 Å². The number of hydrogen-bond donors (Lipinski definition) is 2. The molecule has 0 aliphatic carbocycles. The predicted molar refractivity (Wildman–Crippen MR) is 65.2 cm³/mol. The first kappa shape index (κ1) is 13.5.